The molecule has 0 unspecified atom stereocenters. The Morgan fingerprint density at radius 3 is 2.24 bits per heavy atom. The highest BCUT2D eigenvalue weighted by Crippen LogP contribution is 2.34. The van der Waals surface area contributed by atoms with Gasteiger partial charge in [0.1, 0.15) is 0 Å². The van der Waals surface area contributed by atoms with Crippen molar-refractivity contribution in [3.8, 4) is 11.5 Å². The van der Waals surface area contributed by atoms with Crippen LogP contribution in [0.15, 0.2) is 65.1 Å². The first-order chi connectivity index (χ1) is 18.0. The third-order valence-electron chi connectivity index (χ3n) is 5.00. The Kier molecular flexibility index (Phi) is 9.35. The molecule has 2 N–H and O–H groups in total. The van der Waals surface area contributed by atoms with E-state index in [9.17, 15) is 27.6 Å². The van der Waals surface area contributed by atoms with Crippen LogP contribution in [0.2, 0.25) is 0 Å². The Morgan fingerprint density at radius 1 is 0.868 bits per heavy atom. The van der Waals surface area contributed by atoms with Crippen LogP contribution in [-0.2, 0) is 20.5 Å². The molecule has 3 aromatic carbocycles. The number of carbonyl (C=O) groups is 3. The maximum absolute atomic E-state index is 13.1. The number of hydrogen-bond donors (Lipinski definition) is 2. The summed E-state index contributed by atoms with van der Waals surface area (Å²) in [6.45, 7) is 0.732. The van der Waals surface area contributed by atoms with E-state index >= 15 is 0 Å². The third kappa shape index (κ3) is 7.72. The van der Waals surface area contributed by atoms with Gasteiger partial charge in [0.25, 0.3) is 11.8 Å². The summed E-state index contributed by atoms with van der Waals surface area (Å²) >= 11 is 3.35. The van der Waals surface area contributed by atoms with Crippen molar-refractivity contribution in [2.45, 2.75) is 13.1 Å². The Hall–Kier alpha value is -4.06. The zero-order valence-electron chi connectivity index (χ0n) is 20.1. The molecule has 12 heteroatoms. The number of para-hydroxylation sites is 1. The van der Waals surface area contributed by atoms with Gasteiger partial charge in [-0.25, -0.2) is 4.79 Å². The minimum Gasteiger partial charge on any atom is -0.493 e. The van der Waals surface area contributed by atoms with Crippen molar-refractivity contribution in [2.75, 3.05) is 31.0 Å². The average Bonchev–Trinajstić information content (AvgIpc) is 2.87. The van der Waals surface area contributed by atoms with Gasteiger partial charge in [0.2, 0.25) is 0 Å². The Labute approximate surface area is 224 Å². The van der Waals surface area contributed by atoms with E-state index in [2.05, 4.69) is 26.6 Å². The molecule has 0 saturated carbocycles. The number of benzene rings is 3. The van der Waals surface area contributed by atoms with Crippen molar-refractivity contribution < 1.29 is 41.8 Å². The van der Waals surface area contributed by atoms with Crippen LogP contribution >= 0.6 is 15.9 Å². The van der Waals surface area contributed by atoms with Crippen molar-refractivity contribution in [3.05, 3.63) is 81.8 Å². The standard InChI is InChI=1S/C26H22BrF3N2O6/c1-15-7-9-20(18(27)11-15)32-24(34)14-38-25(35)16-8-10-21(22(12-16)36-2)37-13-23(33)31-19-6-4-3-5-17(19)26(28,29)30/h3-12H,13-14H2,1-2H3,(H,31,33)(H,32,34). The molecule has 200 valence electrons. The number of methoxy groups -OCH3 is 1. The van der Waals surface area contributed by atoms with E-state index in [0.29, 0.717) is 10.2 Å². The van der Waals surface area contributed by atoms with Gasteiger partial charge in [-0.1, -0.05) is 18.2 Å². The summed E-state index contributed by atoms with van der Waals surface area (Å²) < 4.78 is 55.6. The quantitative estimate of drug-likeness (QED) is 0.313. The predicted molar refractivity (Wildman–Crippen MR) is 136 cm³/mol. The highest BCUT2D eigenvalue weighted by Gasteiger charge is 2.33. The minimum atomic E-state index is -4.64. The monoisotopic (exact) mass is 594 g/mol. The van der Waals surface area contributed by atoms with E-state index in [1.807, 2.05) is 19.1 Å². The summed E-state index contributed by atoms with van der Waals surface area (Å²) in [5.41, 5.74) is 0.161. The molecule has 2 amide bonds. The summed E-state index contributed by atoms with van der Waals surface area (Å²) in [7, 11) is 1.30. The van der Waals surface area contributed by atoms with E-state index in [0.717, 1.165) is 17.7 Å². The number of hydrogen-bond acceptors (Lipinski definition) is 6. The maximum Gasteiger partial charge on any atom is 0.418 e. The second-order valence-corrected chi connectivity index (χ2v) is 8.71. The normalized spacial score (nSPS) is 10.9. The van der Waals surface area contributed by atoms with Gasteiger partial charge >= 0.3 is 12.1 Å². The summed E-state index contributed by atoms with van der Waals surface area (Å²) in [6, 6.07) is 13.8. The van der Waals surface area contributed by atoms with Crippen LogP contribution in [0, 0.1) is 6.92 Å². The van der Waals surface area contributed by atoms with Gasteiger partial charge in [-0.2, -0.15) is 13.2 Å². The highest BCUT2D eigenvalue weighted by atomic mass is 79.9. The van der Waals surface area contributed by atoms with Crippen molar-refractivity contribution >= 4 is 45.1 Å². The molecule has 0 aliphatic heterocycles. The molecule has 38 heavy (non-hydrogen) atoms. The maximum atomic E-state index is 13.1. The lowest BCUT2D eigenvalue weighted by Gasteiger charge is -2.15. The van der Waals surface area contributed by atoms with Gasteiger partial charge in [0, 0.05) is 4.47 Å². The molecule has 0 aliphatic carbocycles. The fourth-order valence-corrected chi connectivity index (χ4v) is 3.80. The van der Waals surface area contributed by atoms with Crippen molar-refractivity contribution in [1.29, 1.82) is 0 Å². The Balaban J connectivity index is 1.57. The van der Waals surface area contributed by atoms with Crippen LogP contribution < -0.4 is 20.1 Å². The summed E-state index contributed by atoms with van der Waals surface area (Å²) in [4.78, 5) is 36.8. The van der Waals surface area contributed by atoms with Crippen LogP contribution in [0.5, 0.6) is 11.5 Å². The minimum absolute atomic E-state index is 0.0436. The van der Waals surface area contributed by atoms with E-state index in [1.165, 1.54) is 37.4 Å². The second kappa shape index (κ2) is 12.5. The number of halogens is 4. The number of ether oxygens (including phenoxy) is 3. The summed E-state index contributed by atoms with van der Waals surface area (Å²) in [5.74, 6) is -2.07. The van der Waals surface area contributed by atoms with Crippen LogP contribution in [0.4, 0.5) is 24.5 Å². The molecule has 0 aromatic heterocycles. The number of alkyl halides is 3. The third-order valence-corrected chi connectivity index (χ3v) is 5.65. The zero-order chi connectivity index (χ0) is 27.9. The molecule has 0 fully saturated rings. The fraction of sp³-hybridized carbons (Fsp3) is 0.192. The van der Waals surface area contributed by atoms with E-state index in [-0.39, 0.29) is 17.1 Å². The number of rotatable bonds is 9. The Morgan fingerprint density at radius 2 is 1.55 bits per heavy atom. The lowest BCUT2D eigenvalue weighted by Crippen LogP contribution is -2.22. The molecule has 0 radical (unpaired) electrons. The molecule has 3 aromatic rings. The fourth-order valence-electron chi connectivity index (χ4n) is 3.20. The highest BCUT2D eigenvalue weighted by molar-refractivity contribution is 9.10. The molecule has 0 spiro atoms. The van der Waals surface area contributed by atoms with E-state index in [4.69, 9.17) is 14.2 Å². The number of carbonyl (C=O) groups excluding carboxylic acids is 3. The van der Waals surface area contributed by atoms with Crippen LogP contribution in [0.3, 0.4) is 0 Å². The molecular weight excluding hydrogens is 573 g/mol. The lowest BCUT2D eigenvalue weighted by atomic mass is 10.1. The van der Waals surface area contributed by atoms with Crippen LogP contribution in [0.1, 0.15) is 21.5 Å². The first kappa shape index (κ1) is 28.5. The second-order valence-electron chi connectivity index (χ2n) is 7.85. The van der Waals surface area contributed by atoms with Gasteiger partial charge in [0.15, 0.2) is 24.7 Å². The predicted octanol–water partition coefficient (Wildman–Crippen LogP) is 5.60. The van der Waals surface area contributed by atoms with Gasteiger partial charge in [-0.3, -0.25) is 9.59 Å². The number of esters is 1. The first-order valence-corrected chi connectivity index (χ1v) is 11.8. The van der Waals surface area contributed by atoms with Gasteiger partial charge < -0.3 is 24.8 Å². The SMILES string of the molecule is COc1cc(C(=O)OCC(=O)Nc2ccc(C)cc2Br)ccc1OCC(=O)Nc1ccccc1C(F)(F)F. The summed E-state index contributed by atoms with van der Waals surface area (Å²) in [6.07, 6.45) is -4.64. The van der Waals surface area contributed by atoms with E-state index < -0.39 is 48.4 Å². The molecule has 0 saturated heterocycles. The van der Waals surface area contributed by atoms with Crippen molar-refractivity contribution in [3.63, 3.8) is 0 Å². The summed E-state index contributed by atoms with van der Waals surface area (Å²) in [5, 5.41) is 4.79. The molecule has 0 heterocycles. The number of anilines is 2. The molecule has 0 atom stereocenters. The largest absolute Gasteiger partial charge is 0.493 e. The topological polar surface area (TPSA) is 103 Å². The smallest absolute Gasteiger partial charge is 0.418 e. The van der Waals surface area contributed by atoms with Gasteiger partial charge in [-0.05, 0) is 70.9 Å². The molecule has 3 rings (SSSR count). The first-order valence-electron chi connectivity index (χ1n) is 11.0. The van der Waals surface area contributed by atoms with Gasteiger partial charge in [-0.15, -0.1) is 0 Å². The van der Waals surface area contributed by atoms with Crippen molar-refractivity contribution in [1.82, 2.24) is 0 Å². The molecule has 0 aliphatic rings. The van der Waals surface area contributed by atoms with E-state index in [1.54, 1.807) is 6.07 Å². The average molecular weight is 595 g/mol. The Bertz CT molecular complexity index is 1350. The molecule has 8 nitrogen and oxygen atoms in total. The zero-order valence-corrected chi connectivity index (χ0v) is 21.7. The molecule has 0 bridgehead atoms. The van der Waals surface area contributed by atoms with Crippen LogP contribution in [-0.4, -0.2) is 38.1 Å². The number of aryl methyl sites for hydroxylation is 1. The molecular formula is C26H22BrF3N2O6. The van der Waals surface area contributed by atoms with Gasteiger partial charge in [0.05, 0.1) is 29.6 Å². The van der Waals surface area contributed by atoms with Crippen LogP contribution in [0.25, 0.3) is 0 Å². The number of amides is 2. The lowest BCUT2D eigenvalue weighted by molar-refractivity contribution is -0.137. The van der Waals surface area contributed by atoms with Crippen molar-refractivity contribution in [2.24, 2.45) is 0 Å². The number of nitrogens with one attached hydrogen (secondary N) is 2.